The molecule has 31 heavy (non-hydrogen) atoms. The van der Waals surface area contributed by atoms with Crippen LogP contribution in [0.2, 0.25) is 0 Å². The predicted molar refractivity (Wildman–Crippen MR) is 115 cm³/mol. The van der Waals surface area contributed by atoms with Crippen LogP contribution in [0.1, 0.15) is 0 Å². The third-order valence-corrected chi connectivity index (χ3v) is 5.96. The average Bonchev–Trinajstić information content (AvgIpc) is 2.79. The summed E-state index contributed by atoms with van der Waals surface area (Å²) in [6.07, 6.45) is 4.60. The van der Waals surface area contributed by atoms with Crippen LogP contribution >= 0.6 is 0 Å². The number of nitrogens with zero attached hydrogens (tertiary/aromatic N) is 3. The molecule has 0 radical (unpaired) electrons. The second-order valence-corrected chi connectivity index (χ2v) is 8.17. The molecule has 1 N–H and O–H groups in total. The van der Waals surface area contributed by atoms with Gasteiger partial charge in [0.2, 0.25) is 5.88 Å². The Morgan fingerprint density at radius 2 is 1.71 bits per heavy atom. The third-order valence-electron chi connectivity index (χ3n) is 4.58. The quantitative estimate of drug-likeness (QED) is 0.492. The molecule has 9 nitrogen and oxygen atoms in total. The van der Waals surface area contributed by atoms with E-state index in [4.69, 9.17) is 9.47 Å². The van der Waals surface area contributed by atoms with Gasteiger partial charge in [-0.05, 0) is 42.5 Å². The highest BCUT2D eigenvalue weighted by molar-refractivity contribution is 7.92. The maximum Gasteiger partial charge on any atom is 0.262 e. The molecule has 3 aromatic heterocycles. The maximum absolute atomic E-state index is 12.8. The van der Waals surface area contributed by atoms with Crippen LogP contribution in [-0.4, -0.2) is 37.0 Å². The van der Waals surface area contributed by atoms with Crippen molar-refractivity contribution in [2.24, 2.45) is 0 Å². The molecule has 4 rings (SSSR count). The molecule has 0 amide bonds. The van der Waals surface area contributed by atoms with Crippen LogP contribution in [-0.2, 0) is 10.0 Å². The number of anilines is 1. The Bertz CT molecular complexity index is 1420. The summed E-state index contributed by atoms with van der Waals surface area (Å²) in [5.41, 5.74) is 1.68. The molecule has 0 aliphatic carbocycles. The number of hydrogen-bond donors (Lipinski definition) is 1. The number of ether oxygens (including phenoxy) is 2. The van der Waals surface area contributed by atoms with Crippen molar-refractivity contribution >= 4 is 21.4 Å². The minimum Gasteiger partial charge on any atom is -0.497 e. The molecular weight excluding hydrogens is 420 g/mol. The van der Waals surface area contributed by atoms with Gasteiger partial charge in [-0.25, -0.2) is 18.4 Å². The van der Waals surface area contributed by atoms with E-state index in [1.807, 2.05) is 0 Å². The first-order valence-electron chi connectivity index (χ1n) is 9.10. The Morgan fingerprint density at radius 1 is 0.935 bits per heavy atom. The minimum atomic E-state index is -3.90. The Morgan fingerprint density at radius 3 is 2.42 bits per heavy atom. The van der Waals surface area contributed by atoms with Crippen molar-refractivity contribution in [2.75, 3.05) is 18.9 Å². The second kappa shape index (κ2) is 8.07. The first kappa shape index (κ1) is 20.4. The number of sulfonamides is 1. The van der Waals surface area contributed by atoms with E-state index in [9.17, 15) is 13.2 Å². The number of fused-ring (bicyclic) bond motifs is 1. The molecule has 0 bridgehead atoms. The maximum atomic E-state index is 12.8. The van der Waals surface area contributed by atoms with Crippen molar-refractivity contribution in [1.29, 1.82) is 0 Å². The number of hydrogen-bond acceptors (Lipinski definition) is 7. The monoisotopic (exact) mass is 438 g/mol. The van der Waals surface area contributed by atoms with E-state index in [2.05, 4.69) is 14.7 Å². The zero-order chi connectivity index (χ0) is 22.0. The molecule has 0 fully saturated rings. The summed E-state index contributed by atoms with van der Waals surface area (Å²) in [5, 5.41) is 0. The predicted octanol–water partition coefficient (Wildman–Crippen LogP) is 2.57. The lowest BCUT2D eigenvalue weighted by atomic mass is 10.1. The van der Waals surface area contributed by atoms with Crippen molar-refractivity contribution in [3.63, 3.8) is 0 Å². The molecule has 4 aromatic rings. The van der Waals surface area contributed by atoms with E-state index in [-0.39, 0.29) is 22.0 Å². The van der Waals surface area contributed by atoms with Gasteiger partial charge in [0.05, 0.1) is 19.1 Å². The highest BCUT2D eigenvalue weighted by Gasteiger charge is 2.18. The average molecular weight is 438 g/mol. The molecule has 0 spiro atoms. The van der Waals surface area contributed by atoms with E-state index in [0.29, 0.717) is 22.5 Å². The number of rotatable bonds is 6. The van der Waals surface area contributed by atoms with Crippen LogP contribution in [0.5, 0.6) is 11.6 Å². The Balaban J connectivity index is 1.74. The van der Waals surface area contributed by atoms with Gasteiger partial charge < -0.3 is 9.47 Å². The number of pyridine rings is 2. The highest BCUT2D eigenvalue weighted by atomic mass is 32.2. The summed E-state index contributed by atoms with van der Waals surface area (Å²) in [5.74, 6) is 0.654. The van der Waals surface area contributed by atoms with Gasteiger partial charge in [0, 0.05) is 35.8 Å². The zero-order valence-corrected chi connectivity index (χ0v) is 17.5. The van der Waals surface area contributed by atoms with Crippen LogP contribution < -0.4 is 19.8 Å². The Kier molecular flexibility index (Phi) is 5.30. The van der Waals surface area contributed by atoms with Gasteiger partial charge in [-0.15, -0.1) is 0 Å². The van der Waals surface area contributed by atoms with E-state index in [0.717, 1.165) is 0 Å². The standard InChI is InChI=1S/C21H18N4O5S/c1-29-16-4-6-17(7-5-16)31(27,28)24-18-11-15(12-23-21(18)30-2)14-3-8-19-22-10-9-20(26)25(19)13-14/h3-13,24H,1-2H3. The summed E-state index contributed by atoms with van der Waals surface area (Å²) in [4.78, 5) is 20.5. The fourth-order valence-corrected chi connectivity index (χ4v) is 4.06. The third kappa shape index (κ3) is 4.05. The molecule has 0 saturated carbocycles. The second-order valence-electron chi connectivity index (χ2n) is 6.49. The molecule has 158 valence electrons. The molecule has 3 heterocycles. The molecular formula is C21H18N4O5S. The van der Waals surface area contributed by atoms with Crippen LogP contribution in [0.3, 0.4) is 0 Å². The smallest absolute Gasteiger partial charge is 0.262 e. The molecule has 0 aliphatic rings. The van der Waals surface area contributed by atoms with Crippen molar-refractivity contribution in [3.05, 3.63) is 77.5 Å². The van der Waals surface area contributed by atoms with Gasteiger partial charge in [-0.3, -0.25) is 13.9 Å². The largest absolute Gasteiger partial charge is 0.497 e. The highest BCUT2D eigenvalue weighted by Crippen LogP contribution is 2.30. The zero-order valence-electron chi connectivity index (χ0n) is 16.6. The van der Waals surface area contributed by atoms with Gasteiger partial charge in [-0.1, -0.05) is 0 Å². The Hall–Kier alpha value is -3.92. The number of nitrogens with one attached hydrogen (secondary N) is 1. The van der Waals surface area contributed by atoms with E-state index < -0.39 is 10.0 Å². The summed E-state index contributed by atoms with van der Waals surface area (Å²) in [7, 11) is -1.00. The van der Waals surface area contributed by atoms with Gasteiger partial charge >= 0.3 is 0 Å². The van der Waals surface area contributed by atoms with Gasteiger partial charge in [0.25, 0.3) is 15.6 Å². The molecule has 1 aromatic carbocycles. The van der Waals surface area contributed by atoms with Crippen LogP contribution in [0.4, 0.5) is 5.69 Å². The first-order valence-corrected chi connectivity index (χ1v) is 10.6. The summed E-state index contributed by atoms with van der Waals surface area (Å²) < 4.78 is 39.9. The minimum absolute atomic E-state index is 0.0593. The fourth-order valence-electron chi connectivity index (χ4n) is 3.01. The molecule has 0 atom stereocenters. The number of benzene rings is 1. The lowest BCUT2D eigenvalue weighted by Gasteiger charge is -2.13. The fraction of sp³-hybridized carbons (Fsp3) is 0.0952. The van der Waals surface area contributed by atoms with Crippen molar-refractivity contribution in [1.82, 2.24) is 14.4 Å². The van der Waals surface area contributed by atoms with E-state index in [1.54, 1.807) is 36.5 Å². The van der Waals surface area contributed by atoms with Gasteiger partial charge in [-0.2, -0.15) is 0 Å². The summed E-state index contributed by atoms with van der Waals surface area (Å²) in [6, 6.07) is 12.4. The topological polar surface area (TPSA) is 112 Å². The SMILES string of the molecule is COc1ccc(S(=O)(=O)Nc2cc(-c3ccc4nccc(=O)n4c3)cnc2OC)cc1. The first-order chi connectivity index (χ1) is 14.9. The molecule has 0 unspecified atom stereocenters. The van der Waals surface area contributed by atoms with Crippen LogP contribution in [0, 0.1) is 0 Å². The number of methoxy groups -OCH3 is 2. The van der Waals surface area contributed by atoms with Crippen LogP contribution in [0.15, 0.2) is 76.8 Å². The van der Waals surface area contributed by atoms with E-state index >= 15 is 0 Å². The lowest BCUT2D eigenvalue weighted by molar-refractivity contribution is 0.400. The summed E-state index contributed by atoms with van der Waals surface area (Å²) in [6.45, 7) is 0. The van der Waals surface area contributed by atoms with E-state index in [1.165, 1.54) is 49.2 Å². The Labute approximate surface area is 178 Å². The summed E-state index contributed by atoms with van der Waals surface area (Å²) >= 11 is 0. The van der Waals surface area contributed by atoms with Gasteiger partial charge in [0.15, 0.2) is 0 Å². The molecule has 10 heteroatoms. The van der Waals surface area contributed by atoms with Crippen molar-refractivity contribution in [2.45, 2.75) is 4.90 Å². The lowest BCUT2D eigenvalue weighted by Crippen LogP contribution is -2.14. The van der Waals surface area contributed by atoms with Crippen molar-refractivity contribution < 1.29 is 17.9 Å². The number of aromatic nitrogens is 3. The van der Waals surface area contributed by atoms with Crippen molar-refractivity contribution in [3.8, 4) is 22.8 Å². The van der Waals surface area contributed by atoms with Crippen LogP contribution in [0.25, 0.3) is 16.8 Å². The normalized spacial score (nSPS) is 11.3. The molecule has 0 aliphatic heterocycles. The van der Waals surface area contributed by atoms with Gasteiger partial charge in [0.1, 0.15) is 17.1 Å². The molecule has 0 saturated heterocycles.